The largest absolute Gasteiger partial charge is 0.480 e. The fourth-order valence-electron chi connectivity index (χ4n) is 2.66. The van der Waals surface area contributed by atoms with Crippen LogP contribution in [0.2, 0.25) is 0 Å². The normalized spacial score (nSPS) is 12.8. The molecule has 0 aromatic heterocycles. The number of ether oxygens (including phenoxy) is 1. The Morgan fingerprint density at radius 1 is 0.935 bits per heavy atom. The zero-order valence-corrected chi connectivity index (χ0v) is 20.5. The van der Waals surface area contributed by atoms with Gasteiger partial charge in [0.2, 0.25) is 5.91 Å². The van der Waals surface area contributed by atoms with Crippen molar-refractivity contribution in [3.8, 4) is 0 Å². The van der Waals surface area contributed by atoms with E-state index in [1.165, 1.54) is 35.6 Å². The van der Waals surface area contributed by atoms with Crippen LogP contribution in [-0.4, -0.2) is 47.6 Å². The zero-order valence-electron chi connectivity index (χ0n) is 19.7. The maximum absolute atomic E-state index is 11.9. The highest BCUT2D eigenvalue weighted by Gasteiger charge is 2.19. The monoisotopic (exact) mass is 453 g/mol. The lowest BCUT2D eigenvalue weighted by Crippen LogP contribution is -2.42. The van der Waals surface area contributed by atoms with Crippen molar-refractivity contribution in [1.82, 2.24) is 5.32 Å². The number of esters is 1. The van der Waals surface area contributed by atoms with Gasteiger partial charge in [0.05, 0.1) is 7.11 Å². The number of aliphatic carboxylic acids is 1. The molecule has 0 spiro atoms. The zero-order chi connectivity index (χ0) is 23.6. The second-order valence-corrected chi connectivity index (χ2v) is 8.96. The Bertz CT molecular complexity index is 663. The van der Waals surface area contributed by atoms with Gasteiger partial charge in [0.15, 0.2) is 0 Å². The van der Waals surface area contributed by atoms with Gasteiger partial charge in [0.1, 0.15) is 6.04 Å². The van der Waals surface area contributed by atoms with Crippen molar-refractivity contribution in [3.63, 3.8) is 0 Å². The molecule has 0 saturated carbocycles. The van der Waals surface area contributed by atoms with Crippen LogP contribution in [0.1, 0.15) is 72.6 Å². The van der Waals surface area contributed by atoms with E-state index in [2.05, 4.69) is 56.0 Å². The summed E-state index contributed by atoms with van der Waals surface area (Å²) in [5.74, 6) is -0.796. The molecular formula is C24H39NO5S. The smallest absolute Gasteiger partial charge is 0.327 e. The first-order valence-corrected chi connectivity index (χ1v) is 11.9. The molecule has 7 heteroatoms. The third-order valence-corrected chi connectivity index (χ3v) is 5.57. The number of amides is 1. The summed E-state index contributed by atoms with van der Waals surface area (Å²) in [6, 6.07) is -0.935. The maximum Gasteiger partial charge on any atom is 0.327 e. The molecule has 0 bridgehead atoms. The Labute approximate surface area is 191 Å². The lowest BCUT2D eigenvalue weighted by atomic mass is 10.1. The minimum Gasteiger partial charge on any atom is -0.480 e. The van der Waals surface area contributed by atoms with Gasteiger partial charge in [0.25, 0.3) is 0 Å². The molecule has 0 radical (unpaired) electrons. The van der Waals surface area contributed by atoms with Crippen LogP contribution in [0.4, 0.5) is 0 Å². The Morgan fingerprint density at radius 3 is 2.13 bits per heavy atom. The maximum atomic E-state index is 11.9. The second-order valence-electron chi connectivity index (χ2n) is 7.89. The van der Waals surface area contributed by atoms with E-state index in [4.69, 9.17) is 0 Å². The molecule has 2 N–H and O–H groups in total. The number of hydrogen-bond donors (Lipinski definition) is 2. The van der Waals surface area contributed by atoms with Crippen LogP contribution in [0.25, 0.3) is 0 Å². The van der Waals surface area contributed by atoms with Gasteiger partial charge < -0.3 is 15.2 Å². The predicted molar refractivity (Wildman–Crippen MR) is 128 cm³/mol. The number of hydrogen-bond acceptors (Lipinski definition) is 5. The van der Waals surface area contributed by atoms with Crippen molar-refractivity contribution in [3.05, 3.63) is 34.9 Å². The van der Waals surface area contributed by atoms with Crippen molar-refractivity contribution >= 4 is 29.6 Å². The van der Waals surface area contributed by atoms with Gasteiger partial charge in [-0.05, 0) is 59.8 Å². The number of nitrogens with one attached hydrogen (secondary N) is 1. The van der Waals surface area contributed by atoms with Gasteiger partial charge in [-0.25, -0.2) is 4.79 Å². The number of rotatable bonds is 16. The molecule has 0 aliphatic heterocycles. The first-order valence-electron chi connectivity index (χ1n) is 10.8. The van der Waals surface area contributed by atoms with Crippen LogP contribution in [0.15, 0.2) is 34.9 Å². The van der Waals surface area contributed by atoms with Crippen LogP contribution < -0.4 is 5.32 Å². The van der Waals surface area contributed by atoms with Crippen molar-refractivity contribution in [2.75, 3.05) is 18.6 Å². The van der Waals surface area contributed by atoms with Crippen molar-refractivity contribution in [2.24, 2.45) is 0 Å². The van der Waals surface area contributed by atoms with E-state index in [0.717, 1.165) is 25.7 Å². The van der Waals surface area contributed by atoms with E-state index in [9.17, 15) is 19.5 Å². The standard InChI is InChI=1S/C24H39NO5S/c1-18(2)9-6-10-19(3)11-7-12-20(4)15-16-31-17-21(24(28)29)25-22(26)13-8-14-23(27)30-5/h9,11,15,21H,6-8,10,12-14,16-17H2,1-5H3,(H,25,26)(H,28,29). The van der Waals surface area contributed by atoms with Gasteiger partial charge in [-0.2, -0.15) is 11.8 Å². The quantitative estimate of drug-likeness (QED) is 0.193. The summed E-state index contributed by atoms with van der Waals surface area (Å²) in [6.07, 6.45) is 11.4. The third kappa shape index (κ3) is 17.4. The lowest BCUT2D eigenvalue weighted by Gasteiger charge is -2.13. The molecule has 0 fully saturated rings. The highest BCUT2D eigenvalue weighted by Crippen LogP contribution is 2.13. The average molecular weight is 454 g/mol. The SMILES string of the molecule is COC(=O)CCCC(=O)NC(CSCC=C(C)CCC=C(C)CCC=C(C)C)C(=O)O. The number of thioether (sulfide) groups is 1. The van der Waals surface area contributed by atoms with E-state index < -0.39 is 12.0 Å². The van der Waals surface area contributed by atoms with E-state index in [1.54, 1.807) is 0 Å². The van der Waals surface area contributed by atoms with Crippen molar-refractivity contribution < 1.29 is 24.2 Å². The highest BCUT2D eigenvalue weighted by molar-refractivity contribution is 7.99. The Morgan fingerprint density at radius 2 is 1.55 bits per heavy atom. The van der Waals surface area contributed by atoms with E-state index >= 15 is 0 Å². The van der Waals surface area contributed by atoms with Crippen LogP contribution in [-0.2, 0) is 19.1 Å². The van der Waals surface area contributed by atoms with Crippen LogP contribution in [0.3, 0.4) is 0 Å². The fraction of sp³-hybridized carbons (Fsp3) is 0.625. The molecule has 0 aliphatic carbocycles. The summed E-state index contributed by atoms with van der Waals surface area (Å²) in [5.41, 5.74) is 4.04. The molecule has 0 rings (SSSR count). The van der Waals surface area contributed by atoms with Crippen molar-refractivity contribution in [2.45, 2.75) is 78.7 Å². The molecule has 0 aliphatic rings. The van der Waals surface area contributed by atoms with Gasteiger partial charge in [-0.3, -0.25) is 9.59 Å². The van der Waals surface area contributed by atoms with Gasteiger partial charge in [-0.15, -0.1) is 0 Å². The molecule has 0 saturated heterocycles. The summed E-state index contributed by atoms with van der Waals surface area (Å²) in [4.78, 5) is 34.3. The van der Waals surface area contributed by atoms with E-state index in [-0.39, 0.29) is 24.7 Å². The first kappa shape index (κ1) is 29.0. The molecule has 0 heterocycles. The molecule has 6 nitrogen and oxygen atoms in total. The van der Waals surface area contributed by atoms with Crippen LogP contribution >= 0.6 is 11.8 Å². The molecule has 1 atom stereocenters. The van der Waals surface area contributed by atoms with Crippen LogP contribution in [0, 0.1) is 0 Å². The second kappa shape index (κ2) is 17.6. The number of allylic oxidation sites excluding steroid dienone is 5. The summed E-state index contributed by atoms with van der Waals surface area (Å²) in [5, 5.41) is 11.8. The van der Waals surface area contributed by atoms with E-state index in [0.29, 0.717) is 17.9 Å². The molecule has 31 heavy (non-hydrogen) atoms. The topological polar surface area (TPSA) is 92.7 Å². The third-order valence-electron chi connectivity index (χ3n) is 4.60. The Hall–Kier alpha value is -2.02. The predicted octanol–water partition coefficient (Wildman–Crippen LogP) is 5.05. The summed E-state index contributed by atoms with van der Waals surface area (Å²) in [7, 11) is 1.29. The molecular weight excluding hydrogens is 414 g/mol. The first-order chi connectivity index (χ1) is 14.6. The number of carbonyl (C=O) groups is 3. The number of methoxy groups -OCH3 is 1. The minimum absolute atomic E-state index is 0.101. The van der Waals surface area contributed by atoms with Gasteiger partial charge >= 0.3 is 11.9 Å². The summed E-state index contributed by atoms with van der Waals surface area (Å²) in [6.45, 7) is 8.49. The highest BCUT2D eigenvalue weighted by atomic mass is 32.2. The molecule has 1 unspecified atom stereocenters. The number of carbonyl (C=O) groups excluding carboxylic acids is 2. The Balaban J connectivity index is 4.20. The van der Waals surface area contributed by atoms with Gasteiger partial charge in [-0.1, -0.05) is 34.9 Å². The number of carboxylic acid groups (broad SMARTS) is 1. The van der Waals surface area contributed by atoms with Crippen LogP contribution in [0.5, 0.6) is 0 Å². The van der Waals surface area contributed by atoms with E-state index in [1.807, 2.05) is 0 Å². The fourth-order valence-corrected chi connectivity index (χ4v) is 3.66. The minimum atomic E-state index is -1.05. The van der Waals surface area contributed by atoms with Gasteiger partial charge in [0, 0.05) is 24.3 Å². The summed E-state index contributed by atoms with van der Waals surface area (Å²) < 4.78 is 4.52. The molecule has 0 aromatic carbocycles. The molecule has 176 valence electrons. The summed E-state index contributed by atoms with van der Waals surface area (Å²) >= 11 is 1.48. The molecule has 0 aromatic rings. The van der Waals surface area contributed by atoms with Crippen molar-refractivity contribution in [1.29, 1.82) is 0 Å². The lowest BCUT2D eigenvalue weighted by molar-refractivity contribution is -0.142. The molecule has 1 amide bonds. The Kier molecular flexibility index (Phi) is 16.5. The average Bonchev–Trinajstić information content (AvgIpc) is 2.69. The number of carboxylic acids is 1.